The predicted molar refractivity (Wildman–Crippen MR) is 149 cm³/mol. The van der Waals surface area contributed by atoms with E-state index in [0.717, 1.165) is 45.0 Å². The quantitative estimate of drug-likeness (QED) is 0.350. The number of methoxy groups -OCH3 is 1. The van der Waals surface area contributed by atoms with Gasteiger partial charge in [-0.1, -0.05) is 23.2 Å². The zero-order chi connectivity index (χ0) is 27.2. The third kappa shape index (κ3) is 7.52. The van der Waals surface area contributed by atoms with E-state index in [1.165, 1.54) is 0 Å². The van der Waals surface area contributed by atoms with E-state index in [1.807, 2.05) is 23.3 Å². The highest BCUT2D eigenvalue weighted by Gasteiger charge is 2.34. The second-order valence-corrected chi connectivity index (χ2v) is 12.2. The smallest absolute Gasteiger partial charge is 0.272 e. The van der Waals surface area contributed by atoms with Crippen LogP contribution in [-0.4, -0.2) is 82.1 Å². The number of hydrogen-bond donors (Lipinski definition) is 2. The first-order valence-electron chi connectivity index (χ1n) is 12.7. The van der Waals surface area contributed by atoms with Crippen molar-refractivity contribution >= 4 is 50.0 Å². The number of carbonyl (C=O) groups is 1. The standard InChI is InChI=1S/C25H38Cl2N4O5S/c1-17(2)31(18-8-7-11-28-16-18)25(32)24-22(27)21-19(26)9-10-20(36-15-12-29-37(4,33)34)23(21)30(24)13-5-6-14-35-3/h9-10,17-18,28-29H,5-8,11-16H2,1-4H3/t18-/m1/s1. The van der Waals surface area contributed by atoms with Gasteiger partial charge in [0.2, 0.25) is 10.0 Å². The Hall–Kier alpha value is -1.56. The van der Waals surface area contributed by atoms with Crippen molar-refractivity contribution in [2.45, 2.75) is 58.2 Å². The fraction of sp³-hybridized carbons (Fsp3) is 0.640. The molecule has 1 fully saturated rings. The Morgan fingerprint density at radius 2 is 2.03 bits per heavy atom. The number of nitrogens with zero attached hydrogens (tertiary/aromatic N) is 2. The molecule has 0 bridgehead atoms. The highest BCUT2D eigenvalue weighted by atomic mass is 35.5. The van der Waals surface area contributed by atoms with Crippen molar-refractivity contribution in [3.8, 4) is 5.75 Å². The van der Waals surface area contributed by atoms with Gasteiger partial charge in [0.15, 0.2) is 0 Å². The highest BCUT2D eigenvalue weighted by Crippen LogP contribution is 2.41. The predicted octanol–water partition coefficient (Wildman–Crippen LogP) is 3.91. The number of piperidine rings is 1. The Kier molecular flexibility index (Phi) is 10.9. The molecule has 12 heteroatoms. The number of aryl methyl sites for hydroxylation is 1. The van der Waals surface area contributed by atoms with Crippen LogP contribution in [0.15, 0.2) is 12.1 Å². The number of carbonyl (C=O) groups excluding carboxylic acids is 1. The van der Waals surface area contributed by atoms with E-state index >= 15 is 0 Å². The molecule has 2 heterocycles. The number of ether oxygens (including phenoxy) is 2. The van der Waals surface area contributed by atoms with E-state index in [9.17, 15) is 13.2 Å². The van der Waals surface area contributed by atoms with Crippen LogP contribution >= 0.6 is 23.2 Å². The molecule has 0 aliphatic carbocycles. The van der Waals surface area contributed by atoms with Gasteiger partial charge >= 0.3 is 0 Å². The first kappa shape index (κ1) is 30.0. The number of rotatable bonds is 13. The largest absolute Gasteiger partial charge is 0.490 e. The van der Waals surface area contributed by atoms with Crippen LogP contribution in [0.4, 0.5) is 0 Å². The SMILES string of the molecule is COCCCCn1c(C(=O)N(C(C)C)[C@@H]2CCCNC2)c(Cl)c2c(Cl)ccc(OCCNS(C)(=O)=O)c21. The van der Waals surface area contributed by atoms with Crippen molar-refractivity contribution in [3.63, 3.8) is 0 Å². The van der Waals surface area contributed by atoms with Gasteiger partial charge in [-0.25, -0.2) is 13.1 Å². The number of sulfonamides is 1. The molecule has 1 atom stereocenters. The number of nitrogens with one attached hydrogen (secondary N) is 2. The molecule has 0 saturated carbocycles. The van der Waals surface area contributed by atoms with Crippen LogP contribution < -0.4 is 14.8 Å². The molecule has 1 saturated heterocycles. The fourth-order valence-corrected chi connectivity index (χ4v) is 5.97. The van der Waals surface area contributed by atoms with Gasteiger partial charge in [0, 0.05) is 50.8 Å². The Morgan fingerprint density at radius 1 is 1.27 bits per heavy atom. The topological polar surface area (TPSA) is 102 Å². The van der Waals surface area contributed by atoms with Gasteiger partial charge in [-0.05, 0) is 58.2 Å². The monoisotopic (exact) mass is 576 g/mol. The lowest BCUT2D eigenvalue weighted by molar-refractivity contribution is 0.0562. The van der Waals surface area contributed by atoms with Crippen molar-refractivity contribution in [1.29, 1.82) is 0 Å². The lowest BCUT2D eigenvalue weighted by Gasteiger charge is -2.38. The molecule has 1 aliphatic rings. The van der Waals surface area contributed by atoms with E-state index in [4.69, 9.17) is 32.7 Å². The van der Waals surface area contributed by atoms with E-state index in [1.54, 1.807) is 19.2 Å². The van der Waals surface area contributed by atoms with Gasteiger partial charge in [0.1, 0.15) is 18.1 Å². The summed E-state index contributed by atoms with van der Waals surface area (Å²) in [6.45, 7) is 7.03. The summed E-state index contributed by atoms with van der Waals surface area (Å²) in [6, 6.07) is 3.45. The molecule has 208 valence electrons. The minimum Gasteiger partial charge on any atom is -0.490 e. The third-order valence-electron chi connectivity index (χ3n) is 6.42. The molecule has 9 nitrogen and oxygen atoms in total. The van der Waals surface area contributed by atoms with Crippen LogP contribution in [0.25, 0.3) is 10.9 Å². The zero-order valence-electron chi connectivity index (χ0n) is 22.0. The molecule has 2 N–H and O–H groups in total. The normalized spacial score (nSPS) is 16.5. The summed E-state index contributed by atoms with van der Waals surface area (Å²) >= 11 is 13.6. The second-order valence-electron chi connectivity index (χ2n) is 9.60. The fourth-order valence-electron chi connectivity index (χ4n) is 4.84. The molecular weight excluding hydrogens is 539 g/mol. The summed E-state index contributed by atoms with van der Waals surface area (Å²) in [5.41, 5.74) is 1.02. The van der Waals surface area contributed by atoms with Crippen molar-refractivity contribution in [2.24, 2.45) is 0 Å². The Morgan fingerprint density at radius 3 is 2.65 bits per heavy atom. The molecule has 0 unspecified atom stereocenters. The van der Waals surface area contributed by atoms with Crippen LogP contribution in [-0.2, 0) is 21.3 Å². The zero-order valence-corrected chi connectivity index (χ0v) is 24.3. The number of amides is 1. The number of fused-ring (bicyclic) bond motifs is 1. The number of hydrogen-bond acceptors (Lipinski definition) is 6. The van der Waals surface area contributed by atoms with E-state index < -0.39 is 10.0 Å². The lowest BCUT2D eigenvalue weighted by atomic mass is 10.0. The first-order valence-corrected chi connectivity index (χ1v) is 15.3. The van der Waals surface area contributed by atoms with Crippen LogP contribution in [0.1, 0.15) is 50.0 Å². The number of halogens is 2. The van der Waals surface area contributed by atoms with Gasteiger partial charge in [-0.3, -0.25) is 4.79 Å². The molecule has 0 spiro atoms. The summed E-state index contributed by atoms with van der Waals surface area (Å²) in [5.74, 6) is 0.343. The average Bonchev–Trinajstić information content (AvgIpc) is 3.13. The van der Waals surface area contributed by atoms with Gasteiger partial charge in [-0.15, -0.1) is 0 Å². The molecule has 1 aliphatic heterocycles. The number of unbranched alkanes of at least 4 members (excludes halogenated alkanes) is 1. The van der Waals surface area contributed by atoms with Crippen LogP contribution in [0.5, 0.6) is 5.75 Å². The van der Waals surface area contributed by atoms with E-state index in [2.05, 4.69) is 10.0 Å². The summed E-state index contributed by atoms with van der Waals surface area (Å²) in [5, 5.41) is 4.67. The van der Waals surface area contributed by atoms with Gasteiger partial charge in [-0.2, -0.15) is 0 Å². The summed E-state index contributed by atoms with van der Waals surface area (Å²) < 4.78 is 38.4. The Bertz CT molecular complexity index is 1180. The van der Waals surface area contributed by atoms with Crippen LogP contribution in [0.3, 0.4) is 0 Å². The van der Waals surface area contributed by atoms with Crippen molar-refractivity contribution < 1.29 is 22.7 Å². The summed E-state index contributed by atoms with van der Waals surface area (Å²) in [7, 11) is -1.68. The van der Waals surface area contributed by atoms with Crippen molar-refractivity contribution in [1.82, 2.24) is 19.5 Å². The maximum absolute atomic E-state index is 14.2. The molecule has 37 heavy (non-hydrogen) atoms. The van der Waals surface area contributed by atoms with Crippen LogP contribution in [0, 0.1) is 0 Å². The first-order chi connectivity index (χ1) is 17.6. The summed E-state index contributed by atoms with van der Waals surface area (Å²) in [4.78, 5) is 16.1. The lowest BCUT2D eigenvalue weighted by Crippen LogP contribution is -2.52. The Labute approximate surface area is 229 Å². The van der Waals surface area contributed by atoms with Gasteiger partial charge in [0.05, 0.1) is 21.8 Å². The number of benzene rings is 1. The van der Waals surface area contributed by atoms with Crippen molar-refractivity contribution in [3.05, 3.63) is 27.9 Å². The molecule has 3 rings (SSSR count). The molecule has 1 aromatic carbocycles. The minimum absolute atomic E-state index is 0.0262. The van der Waals surface area contributed by atoms with E-state index in [-0.39, 0.29) is 31.1 Å². The maximum atomic E-state index is 14.2. The van der Waals surface area contributed by atoms with Gasteiger partial charge in [0.25, 0.3) is 5.91 Å². The third-order valence-corrected chi connectivity index (χ3v) is 7.83. The van der Waals surface area contributed by atoms with Gasteiger partial charge < -0.3 is 24.3 Å². The molecule has 1 aromatic heterocycles. The Balaban J connectivity index is 2.08. The molecular formula is C25H38Cl2N4O5S. The second kappa shape index (κ2) is 13.5. The minimum atomic E-state index is -3.34. The maximum Gasteiger partial charge on any atom is 0.272 e. The molecule has 0 radical (unpaired) electrons. The van der Waals surface area contributed by atoms with Crippen LogP contribution in [0.2, 0.25) is 10.0 Å². The summed E-state index contributed by atoms with van der Waals surface area (Å²) in [6.07, 6.45) is 4.57. The average molecular weight is 578 g/mol. The van der Waals surface area contributed by atoms with Crippen molar-refractivity contribution in [2.75, 3.05) is 46.2 Å². The van der Waals surface area contributed by atoms with E-state index in [0.29, 0.717) is 45.5 Å². The highest BCUT2D eigenvalue weighted by molar-refractivity contribution is 7.88. The number of aromatic nitrogens is 1. The molecule has 1 amide bonds. The molecule has 2 aromatic rings.